The molecule has 0 saturated carbocycles. The van der Waals surface area contributed by atoms with Crippen LogP contribution in [0.1, 0.15) is 39.5 Å². The minimum atomic E-state index is -4.33. The van der Waals surface area contributed by atoms with Crippen molar-refractivity contribution in [2.45, 2.75) is 56.6 Å². The molecule has 0 aliphatic carbocycles. The average Bonchev–Trinajstić information content (AvgIpc) is 2.26. The second kappa shape index (κ2) is 7.43. The summed E-state index contributed by atoms with van der Waals surface area (Å²) >= 11 is 0.765. The molecule has 0 saturated heterocycles. The van der Waals surface area contributed by atoms with Gasteiger partial charge in [-0.1, -0.05) is 6.92 Å². The van der Waals surface area contributed by atoms with Crippen LogP contribution in [-0.4, -0.2) is 22.9 Å². The molecule has 8 heteroatoms. The quantitative estimate of drug-likeness (QED) is 0.592. The Kier molecular flexibility index (Phi) is 7.22. The van der Waals surface area contributed by atoms with Crippen molar-refractivity contribution in [2.75, 3.05) is 5.75 Å². The Labute approximate surface area is 118 Å². The predicted octanol–water partition coefficient (Wildman–Crippen LogP) is 5.32. The Bertz CT molecular complexity index is 332. The highest BCUT2D eigenvalue weighted by atomic mass is 32.2. The minimum Gasteiger partial charge on any atom is -0.197 e. The number of hydrogen-bond donors (Lipinski definition) is 0. The molecule has 20 heavy (non-hydrogen) atoms. The zero-order chi connectivity index (χ0) is 16.0. The van der Waals surface area contributed by atoms with E-state index in [1.165, 1.54) is 13.8 Å². The summed E-state index contributed by atoms with van der Waals surface area (Å²) in [7, 11) is 0. The van der Waals surface area contributed by atoms with Crippen LogP contribution < -0.4 is 0 Å². The fourth-order valence-electron chi connectivity index (χ4n) is 1.60. The molecule has 0 aromatic rings. The molecule has 0 bridgehead atoms. The Morgan fingerprint density at radius 3 is 2.00 bits per heavy atom. The largest absolute Gasteiger partial charge is 0.391 e. The highest BCUT2D eigenvalue weighted by molar-refractivity contribution is 8.00. The molecule has 2 atom stereocenters. The van der Waals surface area contributed by atoms with Crippen LogP contribution in [0.3, 0.4) is 0 Å². The number of hydrogen-bond acceptors (Lipinski definition) is 2. The molecule has 0 rings (SSSR count). The first-order valence-electron chi connectivity index (χ1n) is 6.12. The monoisotopic (exact) mass is 321 g/mol. The molecule has 0 aliphatic heterocycles. The number of halogens is 6. The Balaban J connectivity index is 4.42. The van der Waals surface area contributed by atoms with Crippen molar-refractivity contribution in [2.24, 2.45) is 5.92 Å². The SMILES string of the molecule is CCC(CCC(C)(C#N)SCCC(F)(F)F)C(F)(F)F. The number of nitriles is 1. The van der Waals surface area contributed by atoms with Gasteiger partial charge in [0.15, 0.2) is 0 Å². The van der Waals surface area contributed by atoms with E-state index in [0.29, 0.717) is 0 Å². The first-order chi connectivity index (χ1) is 8.93. The van der Waals surface area contributed by atoms with Crippen molar-refractivity contribution in [3.05, 3.63) is 0 Å². The van der Waals surface area contributed by atoms with E-state index in [-0.39, 0.29) is 25.0 Å². The molecular formula is C12H17F6NS. The van der Waals surface area contributed by atoms with Gasteiger partial charge in [0, 0.05) is 5.75 Å². The lowest BCUT2D eigenvalue weighted by atomic mass is 9.94. The molecule has 0 aromatic carbocycles. The maximum absolute atomic E-state index is 12.6. The van der Waals surface area contributed by atoms with E-state index < -0.39 is 29.4 Å². The van der Waals surface area contributed by atoms with Crippen LogP contribution >= 0.6 is 11.8 Å². The van der Waals surface area contributed by atoms with Gasteiger partial charge in [-0.3, -0.25) is 0 Å². The Morgan fingerprint density at radius 2 is 1.65 bits per heavy atom. The van der Waals surface area contributed by atoms with Crippen molar-refractivity contribution in [3.8, 4) is 6.07 Å². The van der Waals surface area contributed by atoms with Crippen molar-refractivity contribution in [3.63, 3.8) is 0 Å². The van der Waals surface area contributed by atoms with Crippen LogP contribution in [-0.2, 0) is 0 Å². The van der Waals surface area contributed by atoms with Gasteiger partial charge in [0.05, 0.1) is 23.2 Å². The van der Waals surface area contributed by atoms with Gasteiger partial charge in [0.1, 0.15) is 0 Å². The fourth-order valence-corrected chi connectivity index (χ4v) is 2.71. The van der Waals surface area contributed by atoms with Crippen LogP contribution in [0.25, 0.3) is 0 Å². The van der Waals surface area contributed by atoms with Crippen molar-refractivity contribution < 1.29 is 26.3 Å². The van der Waals surface area contributed by atoms with E-state index in [2.05, 4.69) is 0 Å². The third-order valence-electron chi connectivity index (χ3n) is 2.97. The molecular weight excluding hydrogens is 304 g/mol. The van der Waals surface area contributed by atoms with Crippen molar-refractivity contribution >= 4 is 11.8 Å². The lowest BCUT2D eigenvalue weighted by molar-refractivity contribution is -0.177. The summed E-state index contributed by atoms with van der Waals surface area (Å²) in [6, 6.07) is 1.82. The molecule has 0 heterocycles. The van der Waals surface area contributed by atoms with Gasteiger partial charge in [-0.05, 0) is 26.2 Å². The summed E-state index contributed by atoms with van der Waals surface area (Å²) in [4.78, 5) is 0. The van der Waals surface area contributed by atoms with Gasteiger partial charge >= 0.3 is 12.4 Å². The molecule has 0 fully saturated rings. The maximum atomic E-state index is 12.6. The lowest BCUT2D eigenvalue weighted by Crippen LogP contribution is -2.26. The molecule has 0 N–H and O–H groups in total. The highest BCUT2D eigenvalue weighted by Gasteiger charge is 2.39. The average molecular weight is 321 g/mol. The van der Waals surface area contributed by atoms with Gasteiger partial charge < -0.3 is 0 Å². The van der Waals surface area contributed by atoms with E-state index in [0.717, 1.165) is 11.8 Å². The van der Waals surface area contributed by atoms with E-state index in [1.54, 1.807) is 0 Å². The first-order valence-corrected chi connectivity index (χ1v) is 7.11. The summed E-state index contributed by atoms with van der Waals surface area (Å²) in [5.74, 6) is -1.84. The summed E-state index contributed by atoms with van der Waals surface area (Å²) in [5.41, 5.74) is 0. The normalized spacial score (nSPS) is 17.4. The zero-order valence-electron chi connectivity index (χ0n) is 11.2. The van der Waals surface area contributed by atoms with Gasteiger partial charge in [-0.25, -0.2) is 0 Å². The third-order valence-corrected chi connectivity index (χ3v) is 4.31. The Morgan fingerprint density at radius 1 is 1.10 bits per heavy atom. The molecule has 2 unspecified atom stereocenters. The first kappa shape index (κ1) is 19.4. The second-order valence-electron chi connectivity index (χ2n) is 4.74. The summed E-state index contributed by atoms with van der Waals surface area (Å²) in [6.45, 7) is 2.79. The minimum absolute atomic E-state index is 0.0793. The standard InChI is InChI=1S/C12H17F6NS/c1-3-9(12(16,17)18)4-5-10(2,8-19)20-7-6-11(13,14)15/h9H,3-7H2,1-2H3. The van der Waals surface area contributed by atoms with Gasteiger partial charge in [0.2, 0.25) is 0 Å². The maximum Gasteiger partial charge on any atom is 0.391 e. The van der Waals surface area contributed by atoms with Crippen molar-refractivity contribution in [1.82, 2.24) is 0 Å². The van der Waals surface area contributed by atoms with E-state index in [9.17, 15) is 26.3 Å². The van der Waals surface area contributed by atoms with Gasteiger partial charge in [0.25, 0.3) is 0 Å². The summed E-state index contributed by atoms with van der Waals surface area (Å²) in [5, 5.41) is 8.97. The highest BCUT2D eigenvalue weighted by Crippen LogP contribution is 2.38. The van der Waals surface area contributed by atoms with Crippen molar-refractivity contribution in [1.29, 1.82) is 5.26 Å². The van der Waals surface area contributed by atoms with Crippen LogP contribution in [0.2, 0.25) is 0 Å². The van der Waals surface area contributed by atoms with Crippen LogP contribution in [0.5, 0.6) is 0 Å². The third kappa shape index (κ3) is 7.88. The second-order valence-corrected chi connectivity index (χ2v) is 6.34. The van der Waals surface area contributed by atoms with E-state index in [1.807, 2.05) is 6.07 Å². The van der Waals surface area contributed by atoms with Crippen LogP contribution in [0.4, 0.5) is 26.3 Å². The van der Waals surface area contributed by atoms with E-state index in [4.69, 9.17) is 5.26 Å². The van der Waals surface area contributed by atoms with E-state index >= 15 is 0 Å². The predicted molar refractivity (Wildman–Crippen MR) is 66.2 cm³/mol. The molecule has 118 valence electrons. The van der Waals surface area contributed by atoms with Crippen LogP contribution in [0.15, 0.2) is 0 Å². The summed E-state index contributed by atoms with van der Waals surface area (Å²) in [6.07, 6.45) is -10.1. The molecule has 0 spiro atoms. The van der Waals surface area contributed by atoms with Gasteiger partial charge in [-0.2, -0.15) is 31.6 Å². The number of alkyl halides is 6. The molecule has 0 radical (unpaired) electrons. The molecule has 0 aromatic heterocycles. The smallest absolute Gasteiger partial charge is 0.197 e. The molecule has 1 nitrogen and oxygen atoms in total. The molecule has 0 aliphatic rings. The lowest BCUT2D eigenvalue weighted by Gasteiger charge is -2.25. The zero-order valence-corrected chi connectivity index (χ0v) is 12.1. The van der Waals surface area contributed by atoms with Crippen LogP contribution in [0, 0.1) is 17.2 Å². The number of nitrogens with zero attached hydrogens (tertiary/aromatic N) is 1. The Hall–Kier alpha value is -0.580. The number of thioether (sulfide) groups is 1. The topological polar surface area (TPSA) is 23.8 Å². The summed E-state index contributed by atoms with van der Waals surface area (Å²) < 4.78 is 72.5. The van der Waals surface area contributed by atoms with Gasteiger partial charge in [-0.15, -0.1) is 11.8 Å². The number of rotatable bonds is 7. The molecule has 0 amide bonds. The fraction of sp³-hybridized carbons (Fsp3) is 0.917.